The normalized spacial score (nSPS) is 17.7. The zero-order valence-corrected chi connectivity index (χ0v) is 13.6. The topological polar surface area (TPSA) is 57.6 Å². The summed E-state index contributed by atoms with van der Waals surface area (Å²) in [5.41, 5.74) is 1.88. The van der Waals surface area contributed by atoms with Crippen molar-refractivity contribution in [1.29, 1.82) is 0 Å². The van der Waals surface area contributed by atoms with Crippen LogP contribution in [0.3, 0.4) is 0 Å². The van der Waals surface area contributed by atoms with Crippen LogP contribution in [0.1, 0.15) is 43.4 Å². The summed E-state index contributed by atoms with van der Waals surface area (Å²) in [4.78, 5) is 0. The highest BCUT2D eigenvalue weighted by molar-refractivity contribution is 7.89. The average molecular weight is 311 g/mol. The Morgan fingerprint density at radius 3 is 2.38 bits per heavy atom. The van der Waals surface area contributed by atoms with E-state index in [0.29, 0.717) is 12.5 Å². The Kier molecular flexibility index (Phi) is 5.41. The number of hydrogen-bond donors (Lipinski definition) is 1. The number of aliphatic hydroxyl groups is 1. The number of sulfonamides is 1. The summed E-state index contributed by atoms with van der Waals surface area (Å²) in [6.07, 6.45) is 2.38. The minimum Gasteiger partial charge on any atom is -0.387 e. The molecule has 1 aromatic carbocycles. The molecule has 0 bridgehead atoms. The number of hydrogen-bond acceptors (Lipinski definition) is 3. The smallest absolute Gasteiger partial charge is 0.214 e. The predicted molar refractivity (Wildman–Crippen MR) is 84.5 cm³/mol. The average Bonchev–Trinajstić information content (AvgIpc) is 2.40. The van der Waals surface area contributed by atoms with E-state index in [9.17, 15) is 13.5 Å². The second kappa shape index (κ2) is 6.90. The van der Waals surface area contributed by atoms with Crippen LogP contribution in [-0.2, 0) is 10.0 Å². The van der Waals surface area contributed by atoms with Crippen LogP contribution in [-0.4, -0.2) is 36.7 Å². The highest BCUT2D eigenvalue weighted by Crippen LogP contribution is 2.29. The first kappa shape index (κ1) is 16.5. The quantitative estimate of drug-likeness (QED) is 0.841. The molecule has 1 aliphatic rings. The fraction of sp³-hybridized carbons (Fsp3) is 0.625. The third-order valence-corrected chi connectivity index (χ3v) is 6.34. The van der Waals surface area contributed by atoms with Gasteiger partial charge in [-0.2, -0.15) is 4.31 Å². The number of aliphatic hydroxyl groups excluding tert-OH is 1. The maximum atomic E-state index is 12.4. The zero-order chi connectivity index (χ0) is 15.5. The van der Waals surface area contributed by atoms with Crippen molar-refractivity contribution in [3.05, 3.63) is 35.4 Å². The molecule has 118 valence electrons. The molecule has 1 unspecified atom stereocenters. The van der Waals surface area contributed by atoms with E-state index in [2.05, 4.69) is 0 Å². The van der Waals surface area contributed by atoms with Gasteiger partial charge >= 0.3 is 0 Å². The van der Waals surface area contributed by atoms with Crippen molar-refractivity contribution in [2.75, 3.05) is 18.8 Å². The van der Waals surface area contributed by atoms with Gasteiger partial charge in [0, 0.05) is 13.1 Å². The molecule has 0 heterocycles. The number of nitrogens with zero attached hydrogens (tertiary/aromatic N) is 1. The van der Waals surface area contributed by atoms with Crippen LogP contribution in [0.15, 0.2) is 24.3 Å². The lowest BCUT2D eigenvalue weighted by Crippen LogP contribution is -2.39. The summed E-state index contributed by atoms with van der Waals surface area (Å²) >= 11 is 0. The first-order valence-corrected chi connectivity index (χ1v) is 9.25. The van der Waals surface area contributed by atoms with Crippen LogP contribution in [0.5, 0.6) is 0 Å². The third kappa shape index (κ3) is 4.28. The highest BCUT2D eigenvalue weighted by Gasteiger charge is 2.29. The molecule has 5 heteroatoms. The van der Waals surface area contributed by atoms with Crippen LogP contribution in [0.2, 0.25) is 0 Å². The van der Waals surface area contributed by atoms with Gasteiger partial charge in [0.1, 0.15) is 0 Å². The summed E-state index contributed by atoms with van der Waals surface area (Å²) in [5.74, 6) is 0.530. The molecule has 0 amide bonds. The summed E-state index contributed by atoms with van der Waals surface area (Å²) in [6.45, 7) is 4.34. The van der Waals surface area contributed by atoms with Crippen molar-refractivity contribution in [1.82, 2.24) is 4.31 Å². The fourth-order valence-electron chi connectivity index (χ4n) is 2.59. The molecule has 1 fully saturated rings. The Labute approximate surface area is 127 Å². The Balaban J connectivity index is 2.01. The Bertz CT molecular complexity index is 549. The second-order valence-electron chi connectivity index (χ2n) is 5.95. The van der Waals surface area contributed by atoms with Crippen molar-refractivity contribution in [3.63, 3.8) is 0 Å². The molecule has 0 aromatic heterocycles. The fourth-order valence-corrected chi connectivity index (χ4v) is 4.49. The summed E-state index contributed by atoms with van der Waals surface area (Å²) in [7, 11) is -3.27. The minimum atomic E-state index is -3.27. The minimum absolute atomic E-state index is 0.134. The van der Waals surface area contributed by atoms with Crippen LogP contribution in [0.4, 0.5) is 0 Å². The molecule has 1 atom stereocenters. The van der Waals surface area contributed by atoms with Gasteiger partial charge in [-0.25, -0.2) is 8.42 Å². The first-order valence-electron chi connectivity index (χ1n) is 7.65. The molecular formula is C16H25NO3S. The van der Waals surface area contributed by atoms with E-state index in [1.807, 2.05) is 38.1 Å². The molecule has 4 nitrogen and oxygen atoms in total. The van der Waals surface area contributed by atoms with Gasteiger partial charge in [0.2, 0.25) is 10.0 Å². The molecule has 0 saturated heterocycles. The van der Waals surface area contributed by atoms with Crippen LogP contribution in [0.25, 0.3) is 0 Å². The van der Waals surface area contributed by atoms with Crippen LogP contribution >= 0.6 is 0 Å². The van der Waals surface area contributed by atoms with Crippen LogP contribution in [0, 0.1) is 12.8 Å². The third-order valence-electron chi connectivity index (χ3n) is 4.26. The van der Waals surface area contributed by atoms with Gasteiger partial charge < -0.3 is 5.11 Å². The van der Waals surface area contributed by atoms with Gasteiger partial charge in [-0.05, 0) is 31.2 Å². The highest BCUT2D eigenvalue weighted by atomic mass is 32.2. The van der Waals surface area contributed by atoms with Crippen LogP contribution < -0.4 is 0 Å². The summed E-state index contributed by atoms with van der Waals surface area (Å²) in [6, 6.07) is 7.56. The standard InChI is InChI=1S/C16H25NO3S/c1-3-17(21(19,20)12-14-5-4-6-14)11-16(18)15-9-7-13(2)8-10-15/h7-10,14,16,18H,3-6,11-12H2,1-2H3. The van der Waals surface area contributed by atoms with E-state index < -0.39 is 16.1 Å². The van der Waals surface area contributed by atoms with Crippen molar-refractivity contribution < 1.29 is 13.5 Å². The van der Waals surface area contributed by atoms with Gasteiger partial charge in [0.25, 0.3) is 0 Å². The van der Waals surface area contributed by atoms with Gasteiger partial charge in [0.15, 0.2) is 0 Å². The molecule has 1 aromatic rings. The van der Waals surface area contributed by atoms with Crippen molar-refractivity contribution in [2.24, 2.45) is 5.92 Å². The van der Waals surface area contributed by atoms with Crippen molar-refractivity contribution in [2.45, 2.75) is 39.2 Å². The molecule has 0 radical (unpaired) electrons. The zero-order valence-electron chi connectivity index (χ0n) is 12.8. The monoisotopic (exact) mass is 311 g/mol. The molecule has 2 rings (SSSR count). The van der Waals surface area contributed by atoms with E-state index in [-0.39, 0.29) is 12.3 Å². The van der Waals surface area contributed by atoms with Gasteiger partial charge in [-0.15, -0.1) is 0 Å². The van der Waals surface area contributed by atoms with Gasteiger partial charge in [-0.3, -0.25) is 0 Å². The number of aryl methyl sites for hydroxylation is 1. The number of likely N-dealkylation sites (N-methyl/N-ethyl adjacent to an activating group) is 1. The lowest BCUT2D eigenvalue weighted by molar-refractivity contribution is 0.148. The maximum Gasteiger partial charge on any atom is 0.214 e. The largest absolute Gasteiger partial charge is 0.387 e. The lowest BCUT2D eigenvalue weighted by atomic mass is 9.87. The summed E-state index contributed by atoms with van der Waals surface area (Å²) < 4.78 is 26.2. The Morgan fingerprint density at radius 2 is 1.90 bits per heavy atom. The number of benzene rings is 1. The molecular weight excluding hydrogens is 286 g/mol. The van der Waals surface area contributed by atoms with Crippen molar-refractivity contribution >= 4 is 10.0 Å². The summed E-state index contributed by atoms with van der Waals surface area (Å²) in [5, 5.41) is 10.3. The Hall–Kier alpha value is -0.910. The van der Waals surface area contributed by atoms with Gasteiger partial charge in [0.05, 0.1) is 11.9 Å². The molecule has 1 aliphatic carbocycles. The maximum absolute atomic E-state index is 12.4. The first-order chi connectivity index (χ1) is 9.92. The van der Waals surface area contributed by atoms with E-state index >= 15 is 0 Å². The van der Waals surface area contributed by atoms with E-state index in [1.165, 1.54) is 4.31 Å². The van der Waals surface area contributed by atoms with E-state index in [4.69, 9.17) is 0 Å². The molecule has 1 saturated carbocycles. The number of rotatable bonds is 7. The van der Waals surface area contributed by atoms with Gasteiger partial charge in [-0.1, -0.05) is 43.2 Å². The molecule has 0 aliphatic heterocycles. The second-order valence-corrected chi connectivity index (χ2v) is 7.97. The Morgan fingerprint density at radius 1 is 1.29 bits per heavy atom. The molecule has 21 heavy (non-hydrogen) atoms. The predicted octanol–water partition coefficient (Wildman–Crippen LogP) is 2.48. The molecule has 0 spiro atoms. The molecule has 1 N–H and O–H groups in total. The SMILES string of the molecule is CCN(CC(O)c1ccc(C)cc1)S(=O)(=O)CC1CCC1. The van der Waals surface area contributed by atoms with Crippen molar-refractivity contribution in [3.8, 4) is 0 Å². The van der Waals surface area contributed by atoms with E-state index in [1.54, 1.807) is 0 Å². The van der Waals surface area contributed by atoms with E-state index in [0.717, 1.165) is 30.4 Å². The lowest BCUT2D eigenvalue weighted by Gasteiger charge is -2.29.